The van der Waals surface area contributed by atoms with Crippen molar-refractivity contribution in [3.63, 3.8) is 0 Å². The molecule has 1 saturated carbocycles. The second-order valence-electron chi connectivity index (χ2n) is 6.61. The van der Waals surface area contributed by atoms with Crippen molar-refractivity contribution in [2.75, 3.05) is 0 Å². The van der Waals surface area contributed by atoms with Crippen LogP contribution in [0.5, 0.6) is 0 Å². The van der Waals surface area contributed by atoms with Gasteiger partial charge in [0.1, 0.15) is 5.65 Å². The molecule has 0 amide bonds. The van der Waals surface area contributed by atoms with Crippen LogP contribution in [0.15, 0.2) is 59.7 Å². The fourth-order valence-corrected chi connectivity index (χ4v) is 3.34. The van der Waals surface area contributed by atoms with E-state index in [1.54, 1.807) is 0 Å². The summed E-state index contributed by atoms with van der Waals surface area (Å²) in [4.78, 5) is 21.9. The van der Waals surface area contributed by atoms with E-state index in [2.05, 4.69) is 33.7 Å². The molecule has 0 aromatic carbocycles. The molecule has 1 aliphatic carbocycles. The van der Waals surface area contributed by atoms with Crippen molar-refractivity contribution in [3.8, 4) is 0 Å². The molecule has 0 spiro atoms. The second kappa shape index (κ2) is 7.97. The van der Waals surface area contributed by atoms with Crippen molar-refractivity contribution in [2.24, 2.45) is 5.92 Å². The van der Waals surface area contributed by atoms with E-state index in [9.17, 15) is 4.79 Å². The van der Waals surface area contributed by atoms with E-state index < -0.39 is 0 Å². The van der Waals surface area contributed by atoms with Crippen LogP contribution in [0.2, 0.25) is 0 Å². The van der Waals surface area contributed by atoms with E-state index in [-0.39, 0.29) is 5.56 Å². The summed E-state index contributed by atoms with van der Waals surface area (Å²) in [5.74, 6) is 0.680. The highest BCUT2D eigenvalue weighted by molar-refractivity contribution is 5.84. The molecule has 4 nitrogen and oxygen atoms in total. The maximum atomic E-state index is 11.9. The number of aromatic nitrogens is 3. The normalized spacial score (nSPS) is 17.1. The SMILES string of the molecule is C=C(/C=C/C1CCCCC1)/C=C(\C=C/C)c1cc2c(=O)[nH]cnc2[nH]1. The summed E-state index contributed by atoms with van der Waals surface area (Å²) in [6.45, 7) is 6.14. The maximum Gasteiger partial charge on any atom is 0.260 e. The molecule has 0 bridgehead atoms. The van der Waals surface area contributed by atoms with Gasteiger partial charge in [-0.2, -0.15) is 0 Å². The van der Waals surface area contributed by atoms with Crippen LogP contribution in [0.3, 0.4) is 0 Å². The van der Waals surface area contributed by atoms with Crippen LogP contribution in [0.25, 0.3) is 16.6 Å². The lowest BCUT2D eigenvalue weighted by Crippen LogP contribution is -2.04. The molecule has 130 valence electrons. The summed E-state index contributed by atoms with van der Waals surface area (Å²) < 4.78 is 0. The highest BCUT2D eigenvalue weighted by atomic mass is 16.1. The van der Waals surface area contributed by atoms with Gasteiger partial charge in [-0.3, -0.25) is 4.79 Å². The van der Waals surface area contributed by atoms with Gasteiger partial charge in [-0.25, -0.2) is 4.98 Å². The summed E-state index contributed by atoms with van der Waals surface area (Å²) in [5, 5.41) is 0.566. The number of nitrogens with one attached hydrogen (secondary N) is 2. The topological polar surface area (TPSA) is 61.5 Å². The van der Waals surface area contributed by atoms with E-state index in [1.165, 1.54) is 38.4 Å². The number of allylic oxidation sites excluding steroid dienone is 7. The zero-order chi connectivity index (χ0) is 17.6. The standard InChI is InChI=1S/C21H25N3O/c1-3-7-17(12-15(2)10-11-16-8-5-4-6-9-16)19-13-18-20(24-19)22-14-23-21(18)25/h3,7,10-14,16H,2,4-6,8-9H2,1H3,(H2,22,23,24,25)/b7-3-,11-10+,17-12+. The Hall–Kier alpha value is -2.62. The quantitative estimate of drug-likeness (QED) is 0.763. The Morgan fingerprint density at radius 2 is 2.08 bits per heavy atom. The first-order valence-corrected chi connectivity index (χ1v) is 8.95. The van der Waals surface area contributed by atoms with Gasteiger partial charge >= 0.3 is 0 Å². The Morgan fingerprint density at radius 1 is 1.28 bits per heavy atom. The predicted octanol–water partition coefficient (Wildman–Crippen LogP) is 4.90. The van der Waals surface area contributed by atoms with E-state index in [0.717, 1.165) is 16.8 Å². The molecule has 2 heterocycles. The summed E-state index contributed by atoms with van der Waals surface area (Å²) in [6.07, 6.45) is 18.5. The number of nitrogens with zero attached hydrogens (tertiary/aromatic N) is 1. The van der Waals surface area contributed by atoms with Crippen LogP contribution in [0, 0.1) is 5.92 Å². The van der Waals surface area contributed by atoms with Gasteiger partial charge < -0.3 is 9.97 Å². The third-order valence-corrected chi connectivity index (χ3v) is 4.66. The smallest absolute Gasteiger partial charge is 0.260 e. The van der Waals surface area contributed by atoms with Gasteiger partial charge in [0.15, 0.2) is 0 Å². The summed E-state index contributed by atoms with van der Waals surface area (Å²) in [6, 6.07) is 1.84. The van der Waals surface area contributed by atoms with Crippen LogP contribution in [-0.2, 0) is 0 Å². The number of fused-ring (bicyclic) bond motifs is 1. The average Bonchev–Trinajstić information content (AvgIpc) is 3.06. The Labute approximate surface area is 148 Å². The summed E-state index contributed by atoms with van der Waals surface area (Å²) in [7, 11) is 0. The van der Waals surface area contributed by atoms with Gasteiger partial charge in [0, 0.05) is 5.69 Å². The first kappa shape index (κ1) is 17.2. The Balaban J connectivity index is 1.84. The molecule has 0 unspecified atom stereocenters. The Bertz CT molecular complexity index is 889. The molecule has 3 rings (SSSR count). The first-order chi connectivity index (χ1) is 12.2. The number of H-pyrrole nitrogens is 2. The minimum absolute atomic E-state index is 0.136. The number of hydrogen-bond donors (Lipinski definition) is 2. The number of rotatable bonds is 5. The van der Waals surface area contributed by atoms with Crippen molar-refractivity contribution >= 4 is 16.6 Å². The molecule has 2 aromatic rings. The zero-order valence-corrected chi connectivity index (χ0v) is 14.7. The lowest BCUT2D eigenvalue weighted by atomic mass is 9.89. The van der Waals surface area contributed by atoms with Gasteiger partial charge in [-0.05, 0) is 49.0 Å². The second-order valence-corrected chi connectivity index (χ2v) is 6.61. The molecule has 2 N–H and O–H groups in total. The van der Waals surface area contributed by atoms with E-state index >= 15 is 0 Å². The van der Waals surface area contributed by atoms with Crippen molar-refractivity contribution < 1.29 is 0 Å². The van der Waals surface area contributed by atoms with Gasteiger partial charge in [-0.1, -0.05) is 50.1 Å². The lowest BCUT2D eigenvalue weighted by molar-refractivity contribution is 0.419. The van der Waals surface area contributed by atoms with Gasteiger partial charge in [-0.15, -0.1) is 0 Å². The molecule has 0 atom stereocenters. The molecule has 0 saturated heterocycles. The number of hydrogen-bond acceptors (Lipinski definition) is 2. The van der Waals surface area contributed by atoms with Crippen molar-refractivity contribution in [3.05, 3.63) is 71.0 Å². The maximum absolute atomic E-state index is 11.9. The minimum Gasteiger partial charge on any atom is -0.339 e. The molecular formula is C21H25N3O. The molecule has 1 fully saturated rings. The Kier molecular flexibility index (Phi) is 5.49. The molecule has 1 aliphatic rings. The highest BCUT2D eigenvalue weighted by Gasteiger charge is 2.10. The largest absolute Gasteiger partial charge is 0.339 e. The van der Waals surface area contributed by atoms with Crippen LogP contribution in [0.4, 0.5) is 0 Å². The fourth-order valence-electron chi connectivity index (χ4n) is 3.34. The van der Waals surface area contributed by atoms with E-state index in [1.807, 2.05) is 31.2 Å². The Morgan fingerprint density at radius 3 is 2.80 bits per heavy atom. The van der Waals surface area contributed by atoms with Crippen LogP contribution in [-0.4, -0.2) is 15.0 Å². The van der Waals surface area contributed by atoms with Crippen molar-refractivity contribution in [1.82, 2.24) is 15.0 Å². The van der Waals surface area contributed by atoms with Gasteiger partial charge in [0.25, 0.3) is 5.56 Å². The van der Waals surface area contributed by atoms with Crippen molar-refractivity contribution in [2.45, 2.75) is 39.0 Å². The van der Waals surface area contributed by atoms with Gasteiger partial charge in [0.05, 0.1) is 11.7 Å². The molecule has 25 heavy (non-hydrogen) atoms. The molecule has 4 heteroatoms. The number of aromatic amines is 2. The summed E-state index contributed by atoms with van der Waals surface area (Å²) >= 11 is 0. The summed E-state index contributed by atoms with van der Waals surface area (Å²) in [5.41, 5.74) is 3.27. The molecular weight excluding hydrogens is 310 g/mol. The predicted molar refractivity (Wildman–Crippen MR) is 104 cm³/mol. The third-order valence-electron chi connectivity index (χ3n) is 4.66. The van der Waals surface area contributed by atoms with Crippen molar-refractivity contribution in [1.29, 1.82) is 0 Å². The van der Waals surface area contributed by atoms with E-state index in [0.29, 0.717) is 17.0 Å². The third kappa shape index (κ3) is 4.27. The monoisotopic (exact) mass is 335 g/mol. The minimum atomic E-state index is -0.136. The van der Waals surface area contributed by atoms with Crippen LogP contribution < -0.4 is 5.56 Å². The average molecular weight is 335 g/mol. The fraction of sp³-hybridized carbons (Fsp3) is 0.333. The lowest BCUT2D eigenvalue weighted by Gasteiger charge is -2.17. The molecule has 0 radical (unpaired) electrons. The highest BCUT2D eigenvalue weighted by Crippen LogP contribution is 2.25. The first-order valence-electron chi connectivity index (χ1n) is 8.95. The molecule has 0 aliphatic heterocycles. The van der Waals surface area contributed by atoms with Gasteiger partial charge in [0.2, 0.25) is 0 Å². The van der Waals surface area contributed by atoms with E-state index in [4.69, 9.17) is 0 Å². The van der Waals surface area contributed by atoms with Crippen LogP contribution in [0.1, 0.15) is 44.7 Å². The molecule has 2 aromatic heterocycles. The zero-order valence-electron chi connectivity index (χ0n) is 14.7. The van der Waals surface area contributed by atoms with Crippen LogP contribution >= 0.6 is 0 Å².